The molecule has 0 radical (unpaired) electrons. The van der Waals surface area contributed by atoms with Crippen molar-refractivity contribution in [3.05, 3.63) is 24.7 Å². The van der Waals surface area contributed by atoms with Crippen LogP contribution in [0.4, 0.5) is 10.6 Å². The van der Waals surface area contributed by atoms with Crippen molar-refractivity contribution in [2.45, 2.75) is 26.4 Å². The molecular weight excluding hydrogens is 296 g/mol. The van der Waals surface area contributed by atoms with E-state index >= 15 is 0 Å². The van der Waals surface area contributed by atoms with Crippen LogP contribution in [-0.4, -0.2) is 59.9 Å². The van der Waals surface area contributed by atoms with E-state index in [1.54, 1.807) is 24.4 Å². The Hall–Kier alpha value is -2.31. The molecule has 23 heavy (non-hydrogen) atoms. The summed E-state index contributed by atoms with van der Waals surface area (Å²) in [5.41, 5.74) is 0.142. The maximum atomic E-state index is 12.0. The van der Waals surface area contributed by atoms with Crippen molar-refractivity contribution in [1.29, 1.82) is 0 Å². The molecule has 1 saturated heterocycles. The number of nitrogens with zero attached hydrogens (tertiary/aromatic N) is 4. The third-order valence-electron chi connectivity index (χ3n) is 3.43. The van der Waals surface area contributed by atoms with Crippen molar-refractivity contribution >= 4 is 17.7 Å². The fraction of sp³-hybridized carbons (Fsp3) is 0.562. The fourth-order valence-electron chi connectivity index (χ4n) is 2.18. The Labute approximate surface area is 136 Å². The minimum Gasteiger partial charge on any atom is -0.495 e. The average molecular weight is 320 g/mol. The minimum absolute atomic E-state index is 0.269. The van der Waals surface area contributed by atoms with Crippen LogP contribution < -0.4 is 4.90 Å². The molecule has 0 bridgehead atoms. The third-order valence-corrected chi connectivity index (χ3v) is 3.43. The van der Waals surface area contributed by atoms with E-state index < -0.39 is 5.60 Å². The number of rotatable bonds is 3. The lowest BCUT2D eigenvalue weighted by Gasteiger charge is -2.36. The van der Waals surface area contributed by atoms with Crippen LogP contribution in [0, 0.1) is 0 Å². The zero-order chi connectivity index (χ0) is 17.0. The topological polar surface area (TPSA) is 67.8 Å². The summed E-state index contributed by atoms with van der Waals surface area (Å²) in [5, 5.41) is 0. The largest absolute Gasteiger partial charge is 0.495 e. The van der Waals surface area contributed by atoms with Gasteiger partial charge < -0.3 is 19.3 Å². The second kappa shape index (κ2) is 6.85. The van der Waals surface area contributed by atoms with Crippen molar-refractivity contribution in [2.24, 2.45) is 0 Å². The average Bonchev–Trinajstić information content (AvgIpc) is 2.53. The summed E-state index contributed by atoms with van der Waals surface area (Å²) >= 11 is 0. The van der Waals surface area contributed by atoms with Gasteiger partial charge in [-0.3, -0.25) is 0 Å². The lowest BCUT2D eigenvalue weighted by atomic mass is 10.2. The third kappa shape index (κ3) is 4.58. The van der Waals surface area contributed by atoms with Gasteiger partial charge in [0.2, 0.25) is 0 Å². The van der Waals surface area contributed by atoms with Crippen molar-refractivity contribution in [3.8, 4) is 0 Å². The van der Waals surface area contributed by atoms with Crippen LogP contribution in [0.1, 0.15) is 26.5 Å². The highest BCUT2D eigenvalue weighted by atomic mass is 16.6. The molecule has 0 atom stereocenters. The molecule has 0 spiro atoms. The first-order valence-electron chi connectivity index (χ1n) is 7.58. The Morgan fingerprint density at radius 3 is 2.30 bits per heavy atom. The van der Waals surface area contributed by atoms with Crippen LogP contribution in [0.15, 0.2) is 19.0 Å². The quantitative estimate of drug-likeness (QED) is 0.795. The molecule has 1 aliphatic rings. The van der Waals surface area contributed by atoms with Crippen LogP contribution in [0.2, 0.25) is 0 Å². The molecule has 0 aliphatic carbocycles. The maximum absolute atomic E-state index is 12.0. The predicted molar refractivity (Wildman–Crippen MR) is 88.1 cm³/mol. The zero-order valence-corrected chi connectivity index (χ0v) is 14.2. The fourth-order valence-corrected chi connectivity index (χ4v) is 2.18. The standard InChI is InChI=1S/C16H24N4O3/c1-12(22-5)13-10-18-14(11-17-13)19-6-8-20(9-7-19)15(21)23-16(2,3)4/h10-11H,1,6-9H2,2-5H3. The van der Waals surface area contributed by atoms with Crippen LogP contribution in [0.3, 0.4) is 0 Å². The highest BCUT2D eigenvalue weighted by molar-refractivity contribution is 5.68. The van der Waals surface area contributed by atoms with E-state index in [1.165, 1.54) is 0 Å². The summed E-state index contributed by atoms with van der Waals surface area (Å²) in [6.07, 6.45) is 3.07. The lowest BCUT2D eigenvalue weighted by molar-refractivity contribution is 0.0240. The number of ether oxygens (including phenoxy) is 2. The normalized spacial score (nSPS) is 15.3. The summed E-state index contributed by atoms with van der Waals surface area (Å²) in [6.45, 7) is 11.9. The summed E-state index contributed by atoms with van der Waals surface area (Å²) in [5.74, 6) is 1.26. The van der Waals surface area contributed by atoms with Crippen molar-refractivity contribution in [1.82, 2.24) is 14.9 Å². The SMILES string of the molecule is C=C(OC)c1cnc(N2CCN(C(=O)OC(C)(C)C)CC2)cn1. The molecule has 1 aliphatic heterocycles. The summed E-state index contributed by atoms with van der Waals surface area (Å²) < 4.78 is 10.4. The number of carbonyl (C=O) groups is 1. The van der Waals surface area contributed by atoms with Gasteiger partial charge in [0.05, 0.1) is 19.5 Å². The number of anilines is 1. The molecule has 0 N–H and O–H groups in total. The summed E-state index contributed by atoms with van der Waals surface area (Å²) in [4.78, 5) is 24.5. The molecule has 7 nitrogen and oxygen atoms in total. The molecular formula is C16H24N4O3. The van der Waals surface area contributed by atoms with E-state index in [-0.39, 0.29) is 6.09 Å². The van der Waals surface area contributed by atoms with Gasteiger partial charge in [-0.25, -0.2) is 14.8 Å². The first kappa shape index (κ1) is 17.1. The Bertz CT molecular complexity index is 558. The molecule has 1 aromatic rings. The number of amides is 1. The minimum atomic E-state index is -0.473. The first-order valence-corrected chi connectivity index (χ1v) is 7.58. The van der Waals surface area contributed by atoms with Gasteiger partial charge in [-0.2, -0.15) is 0 Å². The van der Waals surface area contributed by atoms with E-state index in [1.807, 2.05) is 20.8 Å². The van der Waals surface area contributed by atoms with Gasteiger partial charge in [0.15, 0.2) is 0 Å². The van der Waals surface area contributed by atoms with Gasteiger partial charge in [0, 0.05) is 26.2 Å². The second-order valence-electron chi connectivity index (χ2n) is 6.34. The van der Waals surface area contributed by atoms with Crippen LogP contribution in [-0.2, 0) is 9.47 Å². The first-order chi connectivity index (χ1) is 10.8. The molecule has 7 heteroatoms. The van der Waals surface area contributed by atoms with Crippen molar-refractivity contribution in [2.75, 3.05) is 38.2 Å². The van der Waals surface area contributed by atoms with E-state index in [0.717, 1.165) is 5.82 Å². The van der Waals surface area contributed by atoms with Crippen LogP contribution >= 0.6 is 0 Å². The van der Waals surface area contributed by atoms with Crippen molar-refractivity contribution in [3.63, 3.8) is 0 Å². The number of carbonyl (C=O) groups excluding carboxylic acids is 1. The van der Waals surface area contributed by atoms with E-state index in [0.29, 0.717) is 37.6 Å². The molecule has 0 aromatic carbocycles. The Balaban J connectivity index is 1.91. The number of piperazine rings is 1. The second-order valence-corrected chi connectivity index (χ2v) is 6.34. The number of methoxy groups -OCH3 is 1. The summed E-state index contributed by atoms with van der Waals surface area (Å²) in [7, 11) is 1.55. The number of aromatic nitrogens is 2. The molecule has 1 aromatic heterocycles. The van der Waals surface area contributed by atoms with Gasteiger partial charge >= 0.3 is 6.09 Å². The molecule has 126 valence electrons. The van der Waals surface area contributed by atoms with Crippen molar-refractivity contribution < 1.29 is 14.3 Å². The molecule has 0 saturated carbocycles. The number of hydrogen-bond acceptors (Lipinski definition) is 6. The van der Waals surface area contributed by atoms with Gasteiger partial charge in [-0.1, -0.05) is 6.58 Å². The van der Waals surface area contributed by atoms with Gasteiger partial charge in [0.1, 0.15) is 22.9 Å². The van der Waals surface area contributed by atoms with E-state index in [2.05, 4.69) is 21.4 Å². The molecule has 0 unspecified atom stereocenters. The predicted octanol–water partition coefficient (Wildman–Crippen LogP) is 2.15. The lowest BCUT2D eigenvalue weighted by Crippen LogP contribution is -2.50. The Morgan fingerprint density at radius 1 is 1.17 bits per heavy atom. The van der Waals surface area contributed by atoms with Crippen LogP contribution in [0.25, 0.3) is 5.76 Å². The molecule has 1 fully saturated rings. The van der Waals surface area contributed by atoms with Crippen LogP contribution in [0.5, 0.6) is 0 Å². The smallest absolute Gasteiger partial charge is 0.410 e. The highest BCUT2D eigenvalue weighted by Gasteiger charge is 2.26. The summed E-state index contributed by atoms with van der Waals surface area (Å²) in [6, 6.07) is 0. The molecule has 2 rings (SSSR count). The van der Waals surface area contributed by atoms with Gasteiger partial charge in [-0.05, 0) is 20.8 Å². The van der Waals surface area contributed by atoms with Gasteiger partial charge in [-0.15, -0.1) is 0 Å². The Morgan fingerprint density at radius 2 is 1.83 bits per heavy atom. The highest BCUT2D eigenvalue weighted by Crippen LogP contribution is 2.17. The zero-order valence-electron chi connectivity index (χ0n) is 14.2. The maximum Gasteiger partial charge on any atom is 0.410 e. The monoisotopic (exact) mass is 320 g/mol. The Kier molecular flexibility index (Phi) is 5.08. The van der Waals surface area contributed by atoms with Gasteiger partial charge in [0.25, 0.3) is 0 Å². The molecule has 2 heterocycles. The molecule has 1 amide bonds. The van der Waals surface area contributed by atoms with E-state index in [9.17, 15) is 4.79 Å². The number of hydrogen-bond donors (Lipinski definition) is 0. The van der Waals surface area contributed by atoms with E-state index in [4.69, 9.17) is 9.47 Å².